The van der Waals surface area contributed by atoms with Gasteiger partial charge in [0.25, 0.3) is 5.95 Å². The normalized spacial score (nSPS) is 10.8. The molecule has 0 atom stereocenters. The summed E-state index contributed by atoms with van der Waals surface area (Å²) in [6, 6.07) is 0. The quantitative estimate of drug-likeness (QED) is 0.566. The molecule has 0 aromatic carbocycles. The third-order valence-corrected chi connectivity index (χ3v) is 1.04. The average Bonchev–Trinajstić information content (AvgIpc) is 1.85. The predicted octanol–water partition coefficient (Wildman–Crippen LogP) is 1.20. The van der Waals surface area contributed by atoms with Crippen LogP contribution in [0, 0.1) is 13.8 Å². The van der Waals surface area contributed by atoms with Crippen molar-refractivity contribution in [1.82, 2.24) is 15.0 Å². The Kier molecular flexibility index (Phi) is 2.20. The van der Waals surface area contributed by atoms with E-state index in [1.165, 1.54) is 0 Å². The Labute approximate surface area is 64.6 Å². The molecule has 0 saturated heterocycles. The summed E-state index contributed by atoms with van der Waals surface area (Å²) in [4.78, 5) is 11.9. The molecule has 0 aliphatic carbocycles. The maximum atomic E-state index is 3.99. The largest absolute Gasteiger partial charge is 0.271 e. The molecule has 0 N–H and O–H groups in total. The third-order valence-electron chi connectivity index (χ3n) is 1.04. The van der Waals surface area contributed by atoms with Crippen LogP contribution in [0.15, 0.2) is 10.2 Å². The van der Waals surface area contributed by atoms with Gasteiger partial charge in [0.2, 0.25) is 0 Å². The summed E-state index contributed by atoms with van der Waals surface area (Å²) in [7, 11) is 1.58. The smallest absolute Gasteiger partial charge is 0.218 e. The van der Waals surface area contributed by atoms with Crippen LogP contribution in [-0.2, 0) is 0 Å². The molecule has 5 heteroatoms. The first-order chi connectivity index (χ1) is 5.22. The first kappa shape index (κ1) is 7.71. The van der Waals surface area contributed by atoms with Crippen LogP contribution >= 0.6 is 0 Å². The second kappa shape index (κ2) is 3.14. The van der Waals surface area contributed by atoms with E-state index in [1.54, 1.807) is 20.9 Å². The van der Waals surface area contributed by atoms with Gasteiger partial charge < -0.3 is 0 Å². The van der Waals surface area contributed by atoms with E-state index in [2.05, 4.69) is 25.2 Å². The Bertz CT molecular complexity index is 260. The number of aromatic nitrogens is 3. The molecule has 0 saturated carbocycles. The lowest BCUT2D eigenvalue weighted by Gasteiger charge is -1.94. The van der Waals surface area contributed by atoms with Gasteiger partial charge in [0.1, 0.15) is 11.6 Å². The SMILES string of the molecule is C/N=N/c1nc(C)nc(C)n1. The zero-order valence-corrected chi connectivity index (χ0v) is 6.74. The van der Waals surface area contributed by atoms with Crippen LogP contribution in [0.25, 0.3) is 0 Å². The Morgan fingerprint density at radius 3 is 2.00 bits per heavy atom. The summed E-state index contributed by atoms with van der Waals surface area (Å²) in [5.74, 6) is 1.71. The van der Waals surface area contributed by atoms with E-state index in [9.17, 15) is 0 Å². The lowest BCUT2D eigenvalue weighted by molar-refractivity contribution is 0.898. The number of hydrogen-bond acceptors (Lipinski definition) is 5. The van der Waals surface area contributed by atoms with Crippen LogP contribution in [0.3, 0.4) is 0 Å². The van der Waals surface area contributed by atoms with Crippen LogP contribution in [-0.4, -0.2) is 22.0 Å². The molecule has 0 aliphatic rings. The standard InChI is InChI=1S/C6H9N5/c1-4-8-5(2)10-6(9-4)11-7-3/h1-3H3/b11-7+. The molecule has 0 spiro atoms. The van der Waals surface area contributed by atoms with Gasteiger partial charge in [-0.1, -0.05) is 0 Å². The molecule has 1 rings (SSSR count). The zero-order valence-electron chi connectivity index (χ0n) is 6.74. The fourth-order valence-electron chi connectivity index (χ4n) is 0.733. The molecule has 1 aromatic rings. The van der Waals surface area contributed by atoms with Crippen molar-refractivity contribution < 1.29 is 0 Å². The maximum absolute atomic E-state index is 3.99. The molecule has 0 fully saturated rings. The fourth-order valence-corrected chi connectivity index (χ4v) is 0.733. The van der Waals surface area contributed by atoms with Gasteiger partial charge in [-0.15, -0.1) is 5.11 Å². The number of hydrogen-bond donors (Lipinski definition) is 0. The molecule has 58 valence electrons. The second-order valence-corrected chi connectivity index (χ2v) is 2.03. The lowest BCUT2D eigenvalue weighted by atomic mass is 10.6. The van der Waals surface area contributed by atoms with Crippen molar-refractivity contribution in [3.05, 3.63) is 11.6 Å². The van der Waals surface area contributed by atoms with Crippen molar-refractivity contribution in [3.8, 4) is 0 Å². The van der Waals surface area contributed by atoms with Crippen LogP contribution in [0.4, 0.5) is 5.95 Å². The van der Waals surface area contributed by atoms with Gasteiger partial charge in [-0.25, -0.2) is 4.98 Å². The summed E-state index contributed by atoms with van der Waals surface area (Å²) >= 11 is 0. The van der Waals surface area contributed by atoms with E-state index >= 15 is 0 Å². The molecule has 0 radical (unpaired) electrons. The summed E-state index contributed by atoms with van der Waals surface area (Å²) in [5, 5.41) is 7.25. The van der Waals surface area contributed by atoms with E-state index in [0.29, 0.717) is 17.6 Å². The highest BCUT2D eigenvalue weighted by Crippen LogP contribution is 2.03. The van der Waals surface area contributed by atoms with Gasteiger partial charge in [-0.2, -0.15) is 15.1 Å². The monoisotopic (exact) mass is 151 g/mol. The maximum Gasteiger partial charge on any atom is 0.271 e. The Morgan fingerprint density at radius 2 is 1.55 bits per heavy atom. The molecule has 1 aromatic heterocycles. The van der Waals surface area contributed by atoms with Gasteiger partial charge in [0.05, 0.1) is 0 Å². The minimum absolute atomic E-state index is 0.373. The average molecular weight is 151 g/mol. The highest BCUT2D eigenvalue weighted by molar-refractivity contribution is 5.12. The van der Waals surface area contributed by atoms with Crippen LogP contribution in [0.5, 0.6) is 0 Å². The van der Waals surface area contributed by atoms with Crippen molar-refractivity contribution in [2.75, 3.05) is 7.05 Å². The van der Waals surface area contributed by atoms with Crippen molar-refractivity contribution >= 4 is 5.95 Å². The van der Waals surface area contributed by atoms with Crippen molar-refractivity contribution in [2.24, 2.45) is 10.2 Å². The van der Waals surface area contributed by atoms with Crippen molar-refractivity contribution in [3.63, 3.8) is 0 Å². The molecule has 1 heterocycles. The number of azo groups is 1. The Balaban J connectivity index is 3.08. The molecule has 5 nitrogen and oxygen atoms in total. The summed E-state index contributed by atoms with van der Waals surface area (Å²) in [5.41, 5.74) is 0. The van der Waals surface area contributed by atoms with E-state index < -0.39 is 0 Å². The molecule has 0 aliphatic heterocycles. The van der Waals surface area contributed by atoms with Crippen LogP contribution < -0.4 is 0 Å². The molecule has 0 unspecified atom stereocenters. The van der Waals surface area contributed by atoms with Crippen LogP contribution in [0.2, 0.25) is 0 Å². The van der Waals surface area contributed by atoms with E-state index in [0.717, 1.165) is 0 Å². The fraction of sp³-hybridized carbons (Fsp3) is 0.500. The van der Waals surface area contributed by atoms with E-state index in [-0.39, 0.29) is 0 Å². The third kappa shape index (κ3) is 2.03. The minimum atomic E-state index is 0.373. The molecule has 0 bridgehead atoms. The molecular formula is C6H9N5. The minimum Gasteiger partial charge on any atom is -0.218 e. The van der Waals surface area contributed by atoms with E-state index in [4.69, 9.17) is 0 Å². The molecular weight excluding hydrogens is 142 g/mol. The number of nitrogens with zero attached hydrogens (tertiary/aromatic N) is 5. The van der Waals surface area contributed by atoms with Gasteiger partial charge in [0.15, 0.2) is 0 Å². The molecule has 11 heavy (non-hydrogen) atoms. The highest BCUT2D eigenvalue weighted by atomic mass is 15.2. The van der Waals surface area contributed by atoms with Crippen LogP contribution in [0.1, 0.15) is 11.6 Å². The molecule has 0 amide bonds. The number of rotatable bonds is 1. The van der Waals surface area contributed by atoms with Gasteiger partial charge in [-0.05, 0) is 13.8 Å². The van der Waals surface area contributed by atoms with Crippen molar-refractivity contribution in [2.45, 2.75) is 13.8 Å². The second-order valence-electron chi connectivity index (χ2n) is 2.03. The Morgan fingerprint density at radius 1 is 1.00 bits per heavy atom. The topological polar surface area (TPSA) is 63.4 Å². The highest BCUT2D eigenvalue weighted by Gasteiger charge is 1.96. The first-order valence-corrected chi connectivity index (χ1v) is 3.21. The van der Waals surface area contributed by atoms with Gasteiger partial charge in [-0.3, -0.25) is 0 Å². The summed E-state index contributed by atoms with van der Waals surface area (Å²) in [6.45, 7) is 3.59. The Hall–Kier alpha value is -1.39. The first-order valence-electron chi connectivity index (χ1n) is 3.21. The number of aryl methyl sites for hydroxylation is 2. The van der Waals surface area contributed by atoms with E-state index in [1.807, 2.05) is 0 Å². The lowest BCUT2D eigenvalue weighted by Crippen LogP contribution is -1.93. The summed E-state index contributed by atoms with van der Waals surface area (Å²) in [6.07, 6.45) is 0. The van der Waals surface area contributed by atoms with Crippen molar-refractivity contribution in [1.29, 1.82) is 0 Å². The van der Waals surface area contributed by atoms with Gasteiger partial charge >= 0.3 is 0 Å². The summed E-state index contributed by atoms with van der Waals surface area (Å²) < 4.78 is 0. The van der Waals surface area contributed by atoms with Gasteiger partial charge in [0, 0.05) is 7.05 Å². The predicted molar refractivity (Wildman–Crippen MR) is 39.7 cm³/mol. The zero-order chi connectivity index (χ0) is 8.27.